The van der Waals surface area contributed by atoms with Crippen LogP contribution in [0.25, 0.3) is 0 Å². The Bertz CT molecular complexity index is 619. The van der Waals surface area contributed by atoms with E-state index in [2.05, 4.69) is 4.98 Å². The number of aromatic nitrogens is 1. The van der Waals surface area contributed by atoms with E-state index >= 15 is 0 Å². The van der Waals surface area contributed by atoms with Gasteiger partial charge in [0.15, 0.2) is 5.78 Å². The standard InChI is InChI=1S/C16H19FN2O/c1-4-19(14-7-5-6-13(17)9-14)10-16(20)15-8-11(2)18-12(15)3/h5-9,18H,4,10H2,1-3H3. The van der Waals surface area contributed by atoms with Crippen molar-refractivity contribution in [1.82, 2.24) is 4.98 Å². The number of anilines is 1. The van der Waals surface area contributed by atoms with Crippen molar-refractivity contribution in [3.8, 4) is 0 Å². The van der Waals surface area contributed by atoms with E-state index in [0.717, 1.165) is 17.1 Å². The zero-order valence-electron chi connectivity index (χ0n) is 12.0. The highest BCUT2D eigenvalue weighted by Gasteiger charge is 2.15. The van der Waals surface area contributed by atoms with Crippen molar-refractivity contribution >= 4 is 11.5 Å². The fraction of sp³-hybridized carbons (Fsp3) is 0.312. The van der Waals surface area contributed by atoms with Crippen LogP contribution in [-0.4, -0.2) is 23.9 Å². The van der Waals surface area contributed by atoms with Gasteiger partial charge in [0, 0.05) is 29.2 Å². The van der Waals surface area contributed by atoms with Gasteiger partial charge in [-0.25, -0.2) is 4.39 Å². The Morgan fingerprint density at radius 1 is 1.30 bits per heavy atom. The molecule has 2 rings (SSSR count). The number of aryl methyl sites for hydroxylation is 2. The Morgan fingerprint density at radius 3 is 2.60 bits per heavy atom. The lowest BCUT2D eigenvalue weighted by molar-refractivity contribution is 0.0999. The van der Waals surface area contributed by atoms with Crippen molar-refractivity contribution < 1.29 is 9.18 Å². The molecule has 1 heterocycles. The molecule has 0 aliphatic carbocycles. The highest BCUT2D eigenvalue weighted by atomic mass is 19.1. The van der Waals surface area contributed by atoms with Crippen LogP contribution >= 0.6 is 0 Å². The van der Waals surface area contributed by atoms with Gasteiger partial charge in [0.25, 0.3) is 0 Å². The summed E-state index contributed by atoms with van der Waals surface area (Å²) in [7, 11) is 0. The third-order valence-corrected chi connectivity index (χ3v) is 3.34. The molecule has 0 spiro atoms. The Balaban J connectivity index is 2.18. The molecule has 1 N–H and O–H groups in total. The molecule has 106 valence electrons. The molecule has 0 unspecified atom stereocenters. The number of aromatic amines is 1. The van der Waals surface area contributed by atoms with Gasteiger partial charge in [-0.1, -0.05) is 6.07 Å². The molecule has 20 heavy (non-hydrogen) atoms. The van der Waals surface area contributed by atoms with Crippen LogP contribution in [0.2, 0.25) is 0 Å². The molecule has 1 aromatic carbocycles. The van der Waals surface area contributed by atoms with Crippen molar-refractivity contribution in [3.05, 3.63) is 53.1 Å². The second-order valence-corrected chi connectivity index (χ2v) is 4.91. The van der Waals surface area contributed by atoms with Gasteiger partial charge < -0.3 is 9.88 Å². The molecule has 0 saturated heterocycles. The number of carbonyl (C=O) groups excluding carboxylic acids is 1. The number of nitrogens with zero attached hydrogens (tertiary/aromatic N) is 1. The van der Waals surface area contributed by atoms with Gasteiger partial charge >= 0.3 is 0 Å². The van der Waals surface area contributed by atoms with Gasteiger partial charge in [-0.05, 0) is 45.0 Å². The number of hydrogen-bond acceptors (Lipinski definition) is 2. The SMILES string of the molecule is CCN(CC(=O)c1cc(C)[nH]c1C)c1cccc(F)c1. The summed E-state index contributed by atoms with van der Waals surface area (Å²) in [6.07, 6.45) is 0. The van der Waals surface area contributed by atoms with Crippen LogP contribution in [0.15, 0.2) is 30.3 Å². The average Bonchev–Trinajstić information content (AvgIpc) is 2.75. The van der Waals surface area contributed by atoms with Crippen LogP contribution in [0.5, 0.6) is 0 Å². The summed E-state index contributed by atoms with van der Waals surface area (Å²) in [5.41, 5.74) is 3.28. The highest BCUT2D eigenvalue weighted by molar-refractivity contribution is 6.00. The molecular weight excluding hydrogens is 255 g/mol. The van der Waals surface area contributed by atoms with E-state index in [1.807, 2.05) is 37.8 Å². The molecule has 0 saturated carbocycles. The van der Waals surface area contributed by atoms with E-state index in [1.165, 1.54) is 12.1 Å². The monoisotopic (exact) mass is 274 g/mol. The van der Waals surface area contributed by atoms with Crippen molar-refractivity contribution in [1.29, 1.82) is 0 Å². The van der Waals surface area contributed by atoms with E-state index in [4.69, 9.17) is 0 Å². The number of H-pyrrole nitrogens is 1. The second-order valence-electron chi connectivity index (χ2n) is 4.91. The minimum absolute atomic E-state index is 0.0398. The topological polar surface area (TPSA) is 36.1 Å². The maximum atomic E-state index is 13.3. The summed E-state index contributed by atoms with van der Waals surface area (Å²) in [5, 5.41) is 0. The Labute approximate surface area is 118 Å². The number of nitrogens with one attached hydrogen (secondary N) is 1. The van der Waals surface area contributed by atoms with Gasteiger partial charge in [-0.3, -0.25) is 4.79 Å². The largest absolute Gasteiger partial charge is 0.364 e. The first-order valence-corrected chi connectivity index (χ1v) is 6.71. The van der Waals surface area contributed by atoms with Gasteiger partial charge in [0.1, 0.15) is 5.82 Å². The Morgan fingerprint density at radius 2 is 2.05 bits per heavy atom. The number of carbonyl (C=O) groups is 1. The number of rotatable bonds is 5. The van der Waals surface area contributed by atoms with Crippen LogP contribution in [0, 0.1) is 19.7 Å². The summed E-state index contributed by atoms with van der Waals surface area (Å²) < 4.78 is 13.3. The van der Waals surface area contributed by atoms with Crippen molar-refractivity contribution in [2.24, 2.45) is 0 Å². The van der Waals surface area contributed by atoms with Crippen LogP contribution in [0.3, 0.4) is 0 Å². The highest BCUT2D eigenvalue weighted by Crippen LogP contribution is 2.17. The van der Waals surface area contributed by atoms with E-state index in [9.17, 15) is 9.18 Å². The molecule has 0 fully saturated rings. The maximum Gasteiger partial charge on any atom is 0.183 e. The predicted octanol–water partition coefficient (Wildman–Crippen LogP) is 3.48. The number of Topliss-reactive ketones (excluding diaryl/α,β-unsaturated/α-hetero) is 1. The van der Waals surface area contributed by atoms with Gasteiger partial charge in [0.05, 0.1) is 6.54 Å². The van der Waals surface area contributed by atoms with Crippen molar-refractivity contribution in [2.75, 3.05) is 18.0 Å². The lowest BCUT2D eigenvalue weighted by Crippen LogP contribution is -2.29. The van der Waals surface area contributed by atoms with Crippen LogP contribution in [-0.2, 0) is 0 Å². The van der Waals surface area contributed by atoms with Gasteiger partial charge in [0.2, 0.25) is 0 Å². The van der Waals surface area contributed by atoms with Crippen molar-refractivity contribution in [3.63, 3.8) is 0 Å². The minimum atomic E-state index is -0.290. The smallest absolute Gasteiger partial charge is 0.183 e. The molecular formula is C16H19FN2O. The number of benzene rings is 1. The first kappa shape index (κ1) is 14.3. The molecule has 2 aromatic rings. The van der Waals surface area contributed by atoms with Gasteiger partial charge in [-0.15, -0.1) is 0 Å². The normalized spacial score (nSPS) is 10.6. The van der Waals surface area contributed by atoms with Crippen molar-refractivity contribution in [2.45, 2.75) is 20.8 Å². The summed E-state index contributed by atoms with van der Waals surface area (Å²) in [5.74, 6) is -0.250. The summed E-state index contributed by atoms with van der Waals surface area (Å²) in [6.45, 7) is 6.66. The van der Waals surface area contributed by atoms with E-state index in [0.29, 0.717) is 12.1 Å². The van der Waals surface area contributed by atoms with Crippen LogP contribution < -0.4 is 4.90 Å². The van der Waals surface area contributed by atoms with E-state index in [1.54, 1.807) is 6.07 Å². The molecule has 0 aliphatic rings. The lowest BCUT2D eigenvalue weighted by atomic mass is 10.1. The fourth-order valence-electron chi connectivity index (χ4n) is 2.33. The number of ketones is 1. The molecule has 0 bridgehead atoms. The zero-order chi connectivity index (χ0) is 14.7. The first-order chi connectivity index (χ1) is 9.51. The van der Waals surface area contributed by atoms with Gasteiger partial charge in [-0.2, -0.15) is 0 Å². The molecule has 0 radical (unpaired) electrons. The third-order valence-electron chi connectivity index (χ3n) is 3.34. The minimum Gasteiger partial charge on any atom is -0.364 e. The molecule has 0 atom stereocenters. The Hall–Kier alpha value is -2.10. The number of likely N-dealkylation sites (N-methyl/N-ethyl adjacent to an activating group) is 1. The fourth-order valence-corrected chi connectivity index (χ4v) is 2.33. The zero-order valence-corrected chi connectivity index (χ0v) is 12.0. The quantitative estimate of drug-likeness (QED) is 0.847. The molecule has 4 heteroatoms. The van der Waals surface area contributed by atoms with Crippen LogP contribution in [0.1, 0.15) is 28.7 Å². The second kappa shape index (κ2) is 5.90. The lowest BCUT2D eigenvalue weighted by Gasteiger charge is -2.22. The molecule has 1 aromatic heterocycles. The summed E-state index contributed by atoms with van der Waals surface area (Å²) in [6, 6.07) is 8.18. The number of halogens is 1. The molecule has 0 aliphatic heterocycles. The predicted molar refractivity (Wildman–Crippen MR) is 78.9 cm³/mol. The third kappa shape index (κ3) is 3.07. The van der Waals surface area contributed by atoms with Crippen LogP contribution in [0.4, 0.5) is 10.1 Å². The van der Waals surface area contributed by atoms with E-state index < -0.39 is 0 Å². The average molecular weight is 274 g/mol. The summed E-state index contributed by atoms with van der Waals surface area (Å²) >= 11 is 0. The molecule has 0 amide bonds. The Kier molecular flexibility index (Phi) is 4.23. The van der Waals surface area contributed by atoms with E-state index in [-0.39, 0.29) is 18.1 Å². The maximum absolute atomic E-state index is 13.3. The molecule has 3 nitrogen and oxygen atoms in total. The first-order valence-electron chi connectivity index (χ1n) is 6.71. The summed E-state index contributed by atoms with van der Waals surface area (Å²) in [4.78, 5) is 17.3. The number of hydrogen-bond donors (Lipinski definition) is 1.